The molecule has 0 bridgehead atoms. The van der Waals surface area contributed by atoms with Gasteiger partial charge in [0.15, 0.2) is 0 Å². The van der Waals surface area contributed by atoms with Crippen molar-refractivity contribution in [3.05, 3.63) is 20.8 Å². The third-order valence-corrected chi connectivity index (χ3v) is 3.87. The first kappa shape index (κ1) is 10.2. The van der Waals surface area contributed by atoms with Crippen LogP contribution >= 0.6 is 27.3 Å². The highest BCUT2D eigenvalue weighted by molar-refractivity contribution is 9.11. The van der Waals surface area contributed by atoms with Crippen molar-refractivity contribution in [2.24, 2.45) is 5.92 Å². The van der Waals surface area contributed by atoms with E-state index in [4.69, 9.17) is 0 Å². The second-order valence-corrected chi connectivity index (χ2v) is 5.92. The second kappa shape index (κ2) is 4.45. The van der Waals surface area contributed by atoms with Crippen molar-refractivity contribution >= 4 is 33.2 Å². The molecule has 0 aliphatic heterocycles. The molecule has 1 heterocycles. The minimum atomic E-state index is 0.0487. The number of carbonyl (C=O) groups excluding carboxylic acids is 1. The van der Waals surface area contributed by atoms with Gasteiger partial charge in [-0.25, -0.2) is 0 Å². The van der Waals surface area contributed by atoms with Crippen molar-refractivity contribution < 1.29 is 4.79 Å². The van der Waals surface area contributed by atoms with E-state index >= 15 is 0 Å². The molecule has 1 amide bonds. The number of thiophene rings is 1. The summed E-state index contributed by atoms with van der Waals surface area (Å²) in [7, 11) is 0. The fourth-order valence-corrected chi connectivity index (χ4v) is 2.46. The van der Waals surface area contributed by atoms with E-state index in [0.29, 0.717) is 0 Å². The molecule has 1 saturated carbocycles. The minimum absolute atomic E-state index is 0.0487. The predicted octanol–water partition coefficient (Wildman–Crippen LogP) is 3.04. The summed E-state index contributed by atoms with van der Waals surface area (Å²) in [5, 5.41) is 4.80. The fraction of sp³-hybridized carbons (Fsp3) is 0.500. The van der Waals surface area contributed by atoms with E-state index < -0.39 is 0 Å². The lowest BCUT2D eigenvalue weighted by molar-refractivity contribution is 0.0953. The molecule has 0 atom stereocenters. The number of carbonyl (C=O) groups is 1. The smallest absolute Gasteiger partial charge is 0.252 e. The quantitative estimate of drug-likeness (QED) is 0.898. The summed E-state index contributed by atoms with van der Waals surface area (Å²) in [6, 6.07) is 1.86. The van der Waals surface area contributed by atoms with Crippen molar-refractivity contribution in [2.75, 3.05) is 6.54 Å². The summed E-state index contributed by atoms with van der Waals surface area (Å²) in [6.45, 7) is 0.816. The number of hydrogen-bond donors (Lipinski definition) is 1. The standard InChI is InChI=1S/C10H12BrNOS/c11-9-5-8(6-14-9)10(13)12-4-3-7-1-2-7/h5-7H,1-4H2,(H,12,13). The molecular weight excluding hydrogens is 262 g/mol. The van der Waals surface area contributed by atoms with Gasteiger partial charge in [0, 0.05) is 11.9 Å². The van der Waals surface area contributed by atoms with Crippen LogP contribution < -0.4 is 5.32 Å². The molecular formula is C10H12BrNOS. The molecule has 2 rings (SSSR count). The molecule has 0 radical (unpaired) electrons. The van der Waals surface area contributed by atoms with Crippen LogP contribution in [0.1, 0.15) is 29.6 Å². The van der Waals surface area contributed by atoms with Gasteiger partial charge in [-0.15, -0.1) is 11.3 Å². The summed E-state index contributed by atoms with van der Waals surface area (Å²) in [5.74, 6) is 0.928. The first-order valence-corrected chi connectivity index (χ1v) is 6.45. The highest BCUT2D eigenvalue weighted by atomic mass is 79.9. The minimum Gasteiger partial charge on any atom is -0.352 e. The van der Waals surface area contributed by atoms with Gasteiger partial charge in [-0.2, -0.15) is 0 Å². The van der Waals surface area contributed by atoms with Gasteiger partial charge >= 0.3 is 0 Å². The second-order valence-electron chi connectivity index (χ2n) is 3.63. The van der Waals surface area contributed by atoms with Gasteiger partial charge in [-0.1, -0.05) is 12.8 Å². The Morgan fingerprint density at radius 1 is 1.64 bits per heavy atom. The molecule has 76 valence electrons. The highest BCUT2D eigenvalue weighted by Gasteiger charge is 2.20. The Kier molecular flexibility index (Phi) is 3.23. The van der Waals surface area contributed by atoms with Gasteiger partial charge in [0.25, 0.3) is 5.91 Å². The Balaban J connectivity index is 1.76. The Morgan fingerprint density at radius 3 is 3.00 bits per heavy atom. The van der Waals surface area contributed by atoms with Crippen molar-refractivity contribution in [3.63, 3.8) is 0 Å². The van der Waals surface area contributed by atoms with Crippen LogP contribution in [0.3, 0.4) is 0 Å². The normalized spacial score (nSPS) is 15.5. The lowest BCUT2D eigenvalue weighted by Gasteiger charge is -2.01. The van der Waals surface area contributed by atoms with E-state index in [1.807, 2.05) is 11.4 Å². The van der Waals surface area contributed by atoms with Gasteiger partial charge in [0.1, 0.15) is 0 Å². The van der Waals surface area contributed by atoms with Gasteiger partial charge in [-0.3, -0.25) is 4.79 Å². The zero-order valence-corrected chi connectivity index (χ0v) is 10.2. The fourth-order valence-electron chi connectivity index (χ4n) is 1.33. The van der Waals surface area contributed by atoms with Crippen LogP contribution in [-0.4, -0.2) is 12.5 Å². The molecule has 1 aromatic rings. The van der Waals surface area contributed by atoms with Crippen LogP contribution in [0.5, 0.6) is 0 Å². The number of hydrogen-bond acceptors (Lipinski definition) is 2. The first-order chi connectivity index (χ1) is 6.75. The van der Waals surface area contributed by atoms with Crippen molar-refractivity contribution in [1.29, 1.82) is 0 Å². The van der Waals surface area contributed by atoms with Crippen molar-refractivity contribution in [2.45, 2.75) is 19.3 Å². The molecule has 2 nitrogen and oxygen atoms in total. The third kappa shape index (κ3) is 2.82. The molecule has 1 aliphatic carbocycles. The molecule has 4 heteroatoms. The monoisotopic (exact) mass is 273 g/mol. The van der Waals surface area contributed by atoms with Crippen molar-refractivity contribution in [3.8, 4) is 0 Å². The molecule has 1 aromatic heterocycles. The van der Waals surface area contributed by atoms with Crippen LogP contribution in [0.2, 0.25) is 0 Å². The van der Waals surface area contributed by atoms with Gasteiger partial charge < -0.3 is 5.32 Å². The number of rotatable bonds is 4. The average molecular weight is 274 g/mol. The highest BCUT2D eigenvalue weighted by Crippen LogP contribution is 2.31. The topological polar surface area (TPSA) is 29.1 Å². The van der Waals surface area contributed by atoms with Crippen LogP contribution in [0.25, 0.3) is 0 Å². The molecule has 14 heavy (non-hydrogen) atoms. The zero-order chi connectivity index (χ0) is 9.97. The number of nitrogens with one attached hydrogen (secondary N) is 1. The van der Waals surface area contributed by atoms with Crippen LogP contribution in [-0.2, 0) is 0 Å². The molecule has 1 aliphatic rings. The van der Waals surface area contributed by atoms with Crippen LogP contribution in [0.4, 0.5) is 0 Å². The predicted molar refractivity (Wildman–Crippen MR) is 61.7 cm³/mol. The van der Waals surface area contributed by atoms with E-state index in [-0.39, 0.29) is 5.91 Å². The molecule has 0 saturated heterocycles. The first-order valence-electron chi connectivity index (χ1n) is 4.78. The SMILES string of the molecule is O=C(NCCC1CC1)c1csc(Br)c1. The summed E-state index contributed by atoms with van der Waals surface area (Å²) < 4.78 is 1.00. The molecule has 0 aromatic carbocycles. The lowest BCUT2D eigenvalue weighted by Crippen LogP contribution is -2.24. The van der Waals surface area contributed by atoms with Gasteiger partial charge in [0.05, 0.1) is 9.35 Å². The molecule has 1 fully saturated rings. The Bertz CT molecular complexity index is 333. The third-order valence-electron chi connectivity index (χ3n) is 2.36. The maximum absolute atomic E-state index is 11.5. The largest absolute Gasteiger partial charge is 0.352 e. The summed E-state index contributed by atoms with van der Waals surface area (Å²) in [6.07, 6.45) is 3.83. The lowest BCUT2D eigenvalue weighted by atomic mass is 10.3. The maximum atomic E-state index is 11.5. The van der Waals surface area contributed by atoms with E-state index in [2.05, 4.69) is 21.2 Å². The van der Waals surface area contributed by atoms with E-state index in [9.17, 15) is 4.79 Å². The Labute approximate surface area is 95.8 Å². The number of halogens is 1. The number of amides is 1. The van der Waals surface area contributed by atoms with Gasteiger partial charge in [0.2, 0.25) is 0 Å². The van der Waals surface area contributed by atoms with E-state index in [1.165, 1.54) is 12.8 Å². The summed E-state index contributed by atoms with van der Waals surface area (Å²) >= 11 is 4.88. The van der Waals surface area contributed by atoms with Crippen LogP contribution in [0.15, 0.2) is 15.2 Å². The van der Waals surface area contributed by atoms with E-state index in [0.717, 1.165) is 28.2 Å². The van der Waals surface area contributed by atoms with Crippen molar-refractivity contribution in [1.82, 2.24) is 5.32 Å². The van der Waals surface area contributed by atoms with Gasteiger partial charge in [-0.05, 0) is 34.3 Å². The van der Waals surface area contributed by atoms with Crippen LogP contribution in [0, 0.1) is 5.92 Å². The Hall–Kier alpha value is -0.350. The maximum Gasteiger partial charge on any atom is 0.252 e. The zero-order valence-electron chi connectivity index (χ0n) is 7.75. The molecule has 1 N–H and O–H groups in total. The molecule has 0 unspecified atom stereocenters. The molecule has 0 spiro atoms. The summed E-state index contributed by atoms with van der Waals surface area (Å²) in [5.41, 5.74) is 0.762. The summed E-state index contributed by atoms with van der Waals surface area (Å²) in [4.78, 5) is 11.5. The Morgan fingerprint density at radius 2 is 2.43 bits per heavy atom. The van der Waals surface area contributed by atoms with E-state index in [1.54, 1.807) is 11.3 Å². The average Bonchev–Trinajstić information content (AvgIpc) is 2.87.